The standard InChI is InChI=1S/C22H26Cl2O5/c1-11-6-12(26)7-15-16(27)8-14-13-4-5-21(29,18(28)10-25)19(13,2)9-17(23)22(14,24)20(11,15)3/h6-7,13-14,17,25,29H,4-5,8-10H2,1-3H3/t13-,14-,17?,19-,20-,21-,22-/m0/s1. The molecule has 4 aliphatic carbocycles. The van der Waals surface area contributed by atoms with Crippen LogP contribution in [-0.2, 0) is 14.4 Å². The van der Waals surface area contributed by atoms with Gasteiger partial charge in [0.1, 0.15) is 12.2 Å². The van der Waals surface area contributed by atoms with E-state index in [0.717, 1.165) is 0 Å². The number of aliphatic hydroxyl groups excluding tert-OH is 1. The number of fused-ring (bicyclic) bond motifs is 5. The second-order valence-electron chi connectivity index (χ2n) is 9.59. The highest BCUT2D eigenvalue weighted by molar-refractivity contribution is 6.35. The Bertz CT molecular complexity index is 894. The number of hydrogen-bond acceptors (Lipinski definition) is 5. The van der Waals surface area contributed by atoms with Gasteiger partial charge in [-0.05, 0) is 57.1 Å². The van der Waals surface area contributed by atoms with Crippen LogP contribution in [0.3, 0.4) is 0 Å². The molecule has 1 unspecified atom stereocenters. The minimum atomic E-state index is -1.69. The van der Waals surface area contributed by atoms with Crippen LogP contribution in [0.1, 0.15) is 46.5 Å². The summed E-state index contributed by atoms with van der Waals surface area (Å²) in [6, 6.07) is 0. The number of Topliss-reactive ketones (excluding diaryl/α,β-unsaturated/α-hetero) is 2. The topological polar surface area (TPSA) is 91.7 Å². The number of rotatable bonds is 2. The van der Waals surface area contributed by atoms with Gasteiger partial charge in [-0.15, -0.1) is 23.2 Å². The molecule has 0 spiro atoms. The number of allylic oxidation sites excluding steroid dienone is 4. The fourth-order valence-corrected chi connectivity index (χ4v) is 8.18. The molecule has 158 valence electrons. The van der Waals surface area contributed by atoms with Gasteiger partial charge in [0.25, 0.3) is 0 Å². The van der Waals surface area contributed by atoms with Crippen molar-refractivity contribution >= 4 is 40.6 Å². The van der Waals surface area contributed by atoms with E-state index in [-0.39, 0.29) is 42.7 Å². The Hall–Kier alpha value is -1.01. The lowest BCUT2D eigenvalue weighted by molar-refractivity contribution is -0.162. The molecule has 7 atom stereocenters. The molecule has 0 radical (unpaired) electrons. The van der Waals surface area contributed by atoms with E-state index in [1.54, 1.807) is 0 Å². The molecule has 5 nitrogen and oxygen atoms in total. The highest BCUT2D eigenvalue weighted by Gasteiger charge is 2.74. The predicted octanol–water partition coefficient (Wildman–Crippen LogP) is 2.73. The van der Waals surface area contributed by atoms with E-state index < -0.39 is 39.1 Å². The number of aliphatic hydroxyl groups is 2. The molecule has 29 heavy (non-hydrogen) atoms. The first kappa shape index (κ1) is 21.2. The average Bonchev–Trinajstić information content (AvgIpc) is 2.91. The van der Waals surface area contributed by atoms with Crippen LogP contribution in [0.2, 0.25) is 0 Å². The molecular formula is C22H26Cl2O5. The minimum Gasteiger partial charge on any atom is -0.388 e. The molecule has 0 aromatic heterocycles. The third-order valence-electron chi connectivity index (χ3n) is 8.71. The number of ketones is 3. The lowest BCUT2D eigenvalue weighted by Gasteiger charge is -2.64. The fourth-order valence-electron chi connectivity index (χ4n) is 6.93. The van der Waals surface area contributed by atoms with Gasteiger partial charge in [0.15, 0.2) is 17.3 Å². The molecule has 0 bridgehead atoms. The average molecular weight is 441 g/mol. The smallest absolute Gasteiger partial charge is 0.190 e. The van der Waals surface area contributed by atoms with Gasteiger partial charge in [-0.2, -0.15) is 0 Å². The summed E-state index contributed by atoms with van der Waals surface area (Å²) in [5.41, 5.74) is -2.37. The van der Waals surface area contributed by atoms with Crippen LogP contribution in [0.15, 0.2) is 23.3 Å². The van der Waals surface area contributed by atoms with E-state index in [4.69, 9.17) is 23.2 Å². The van der Waals surface area contributed by atoms with Crippen molar-refractivity contribution in [1.82, 2.24) is 0 Å². The second kappa shape index (κ2) is 6.25. The Morgan fingerprint density at radius 3 is 2.52 bits per heavy atom. The van der Waals surface area contributed by atoms with E-state index in [2.05, 4.69) is 0 Å². The molecule has 0 aromatic rings. The Kier molecular flexibility index (Phi) is 4.58. The maximum Gasteiger partial charge on any atom is 0.190 e. The highest BCUT2D eigenvalue weighted by atomic mass is 35.5. The Labute approximate surface area is 180 Å². The predicted molar refractivity (Wildman–Crippen MR) is 109 cm³/mol. The molecule has 0 heterocycles. The van der Waals surface area contributed by atoms with Gasteiger partial charge >= 0.3 is 0 Å². The highest BCUT2D eigenvalue weighted by Crippen LogP contribution is 2.71. The van der Waals surface area contributed by atoms with Crippen LogP contribution < -0.4 is 0 Å². The summed E-state index contributed by atoms with van der Waals surface area (Å²) in [7, 11) is 0. The van der Waals surface area contributed by atoms with Crippen molar-refractivity contribution in [3.63, 3.8) is 0 Å². The zero-order valence-electron chi connectivity index (χ0n) is 16.8. The van der Waals surface area contributed by atoms with Crippen molar-refractivity contribution < 1.29 is 24.6 Å². The normalized spacial score (nSPS) is 49.0. The molecule has 4 aliphatic rings. The molecule has 0 amide bonds. The summed E-state index contributed by atoms with van der Waals surface area (Å²) < 4.78 is 0. The SMILES string of the molecule is CC1=CC(=O)C=C2C(=O)C[C@H]3[C@@H]4CC[C@](O)(C(=O)CO)[C@@]4(C)CC(Cl)[C@]3(Cl)[C@@]12C. The Morgan fingerprint density at radius 2 is 1.90 bits per heavy atom. The van der Waals surface area contributed by atoms with Crippen LogP contribution in [0, 0.1) is 22.7 Å². The van der Waals surface area contributed by atoms with Crippen molar-refractivity contribution in [2.45, 2.75) is 62.3 Å². The zero-order valence-corrected chi connectivity index (χ0v) is 18.3. The van der Waals surface area contributed by atoms with Crippen molar-refractivity contribution in [3.05, 3.63) is 23.3 Å². The largest absolute Gasteiger partial charge is 0.388 e. The first-order valence-corrected chi connectivity index (χ1v) is 10.9. The summed E-state index contributed by atoms with van der Waals surface area (Å²) in [4.78, 5) is 36.7. The van der Waals surface area contributed by atoms with Gasteiger partial charge < -0.3 is 10.2 Å². The minimum absolute atomic E-state index is 0.123. The number of hydrogen-bond donors (Lipinski definition) is 2. The summed E-state index contributed by atoms with van der Waals surface area (Å²) in [5, 5.41) is 20.1. The Morgan fingerprint density at radius 1 is 1.24 bits per heavy atom. The van der Waals surface area contributed by atoms with E-state index >= 15 is 0 Å². The quantitative estimate of drug-likeness (QED) is 0.643. The summed E-state index contributed by atoms with van der Waals surface area (Å²) in [6.45, 7) is 4.78. The van der Waals surface area contributed by atoms with Crippen molar-refractivity contribution in [2.75, 3.05) is 6.61 Å². The van der Waals surface area contributed by atoms with Gasteiger partial charge in [0.2, 0.25) is 0 Å². The van der Waals surface area contributed by atoms with E-state index in [1.807, 2.05) is 20.8 Å². The summed E-state index contributed by atoms with van der Waals surface area (Å²) in [5.74, 6) is -1.54. The number of halogens is 2. The van der Waals surface area contributed by atoms with Gasteiger partial charge in [-0.1, -0.05) is 12.5 Å². The number of carbonyl (C=O) groups excluding carboxylic acids is 3. The molecule has 4 rings (SSSR count). The van der Waals surface area contributed by atoms with Crippen molar-refractivity contribution in [3.8, 4) is 0 Å². The monoisotopic (exact) mass is 440 g/mol. The first-order chi connectivity index (χ1) is 13.4. The Balaban J connectivity index is 1.88. The fraction of sp³-hybridized carbons (Fsp3) is 0.682. The van der Waals surface area contributed by atoms with Crippen LogP contribution in [0.5, 0.6) is 0 Å². The molecule has 7 heteroatoms. The van der Waals surface area contributed by atoms with E-state index in [9.17, 15) is 24.6 Å². The van der Waals surface area contributed by atoms with E-state index in [0.29, 0.717) is 17.6 Å². The lowest BCUT2D eigenvalue weighted by atomic mass is 9.45. The summed E-state index contributed by atoms with van der Waals surface area (Å²) >= 11 is 14.3. The van der Waals surface area contributed by atoms with Gasteiger partial charge in [0.05, 0.1) is 10.3 Å². The lowest BCUT2D eigenvalue weighted by Crippen LogP contribution is -2.69. The molecule has 3 fully saturated rings. The summed E-state index contributed by atoms with van der Waals surface area (Å²) in [6.07, 6.45) is 4.03. The second-order valence-corrected chi connectivity index (χ2v) is 10.7. The third-order valence-corrected chi connectivity index (χ3v) is 10.2. The molecule has 2 N–H and O–H groups in total. The number of carbonyl (C=O) groups is 3. The van der Waals surface area contributed by atoms with Gasteiger partial charge in [-0.3, -0.25) is 14.4 Å². The number of alkyl halides is 2. The molecule has 0 aromatic carbocycles. The van der Waals surface area contributed by atoms with Crippen molar-refractivity contribution in [2.24, 2.45) is 22.7 Å². The first-order valence-electron chi connectivity index (χ1n) is 10.1. The molecule has 0 aliphatic heterocycles. The van der Waals surface area contributed by atoms with Crippen LogP contribution in [-0.4, -0.2) is 50.0 Å². The van der Waals surface area contributed by atoms with Crippen molar-refractivity contribution in [1.29, 1.82) is 0 Å². The maximum absolute atomic E-state index is 13.2. The third kappa shape index (κ3) is 2.28. The molecule has 3 saturated carbocycles. The zero-order chi connectivity index (χ0) is 21.6. The van der Waals surface area contributed by atoms with E-state index in [1.165, 1.54) is 12.2 Å². The van der Waals surface area contributed by atoms with Gasteiger partial charge in [-0.25, -0.2) is 0 Å². The van der Waals surface area contributed by atoms with Crippen LogP contribution in [0.4, 0.5) is 0 Å². The molecular weight excluding hydrogens is 415 g/mol. The van der Waals surface area contributed by atoms with Crippen LogP contribution >= 0.6 is 23.2 Å². The van der Waals surface area contributed by atoms with Gasteiger partial charge in [0, 0.05) is 22.8 Å². The molecule has 0 saturated heterocycles. The van der Waals surface area contributed by atoms with Crippen LogP contribution in [0.25, 0.3) is 0 Å². The maximum atomic E-state index is 13.2.